The van der Waals surface area contributed by atoms with Crippen molar-refractivity contribution in [2.75, 3.05) is 18.5 Å². The van der Waals surface area contributed by atoms with Gasteiger partial charge in [-0.3, -0.25) is 9.36 Å². The molecule has 8 heteroatoms. The van der Waals surface area contributed by atoms with Gasteiger partial charge in [0.05, 0.1) is 6.61 Å². The molecular weight excluding hydrogens is 315 g/mol. The molecule has 0 aliphatic heterocycles. The Morgan fingerprint density at radius 3 is 2.88 bits per heavy atom. The number of ether oxygens (including phenoxy) is 1. The number of nitrogens with zero attached hydrogens (tertiary/aromatic N) is 3. The summed E-state index contributed by atoms with van der Waals surface area (Å²) in [5, 5.41) is 12.2. The minimum absolute atomic E-state index is 0.0187. The van der Waals surface area contributed by atoms with Gasteiger partial charge in [-0.2, -0.15) is 4.98 Å². The van der Waals surface area contributed by atoms with Gasteiger partial charge in [0.2, 0.25) is 5.95 Å². The Labute approximate surface area is 136 Å². The normalized spacial score (nSPS) is 10.8. The fraction of sp³-hybridized carbons (Fsp3) is 0.188. The lowest BCUT2D eigenvalue weighted by molar-refractivity contribution is 0.311. The van der Waals surface area contributed by atoms with Crippen molar-refractivity contribution in [2.45, 2.75) is 0 Å². The van der Waals surface area contributed by atoms with Crippen molar-refractivity contribution in [3.05, 3.63) is 52.7 Å². The number of nitrogens with one attached hydrogen (secondary N) is 1. The number of halogens is 1. The van der Waals surface area contributed by atoms with Crippen LogP contribution in [0.4, 0.5) is 10.3 Å². The van der Waals surface area contributed by atoms with Gasteiger partial charge in [-0.1, -0.05) is 12.1 Å². The van der Waals surface area contributed by atoms with Crippen LogP contribution < -0.4 is 15.6 Å². The third kappa shape index (κ3) is 3.04. The number of pyridine rings is 1. The summed E-state index contributed by atoms with van der Waals surface area (Å²) in [5.74, 6) is -0.306. The maximum atomic E-state index is 13.7. The van der Waals surface area contributed by atoms with Crippen LogP contribution in [0.2, 0.25) is 0 Å². The van der Waals surface area contributed by atoms with Crippen molar-refractivity contribution in [1.29, 1.82) is 0 Å². The van der Waals surface area contributed by atoms with E-state index >= 15 is 0 Å². The molecule has 124 valence electrons. The summed E-state index contributed by atoms with van der Waals surface area (Å²) in [6.45, 7) is 0.240. The minimum Gasteiger partial charge on any atom is -0.448 e. The van der Waals surface area contributed by atoms with E-state index in [-0.39, 0.29) is 18.1 Å². The molecule has 7 nitrogen and oxygen atoms in total. The first-order valence-electron chi connectivity index (χ1n) is 7.24. The zero-order valence-electron chi connectivity index (χ0n) is 12.9. The number of para-hydroxylation sites is 1. The van der Waals surface area contributed by atoms with Crippen molar-refractivity contribution in [1.82, 2.24) is 14.5 Å². The summed E-state index contributed by atoms with van der Waals surface area (Å²) in [6.07, 6.45) is 1.52. The van der Waals surface area contributed by atoms with E-state index in [9.17, 15) is 9.18 Å². The van der Waals surface area contributed by atoms with Crippen LogP contribution in [0.1, 0.15) is 0 Å². The fourth-order valence-corrected chi connectivity index (χ4v) is 2.19. The van der Waals surface area contributed by atoms with Crippen molar-refractivity contribution in [2.24, 2.45) is 7.05 Å². The zero-order valence-corrected chi connectivity index (χ0v) is 12.9. The number of aryl methyl sites for hydroxylation is 1. The second-order valence-electron chi connectivity index (χ2n) is 5.03. The molecule has 24 heavy (non-hydrogen) atoms. The van der Waals surface area contributed by atoms with Gasteiger partial charge in [0.25, 0.3) is 5.56 Å². The second-order valence-corrected chi connectivity index (χ2v) is 5.03. The van der Waals surface area contributed by atoms with Crippen LogP contribution >= 0.6 is 0 Å². The Morgan fingerprint density at radius 1 is 1.33 bits per heavy atom. The quantitative estimate of drug-likeness (QED) is 0.740. The second kappa shape index (κ2) is 6.63. The third-order valence-corrected chi connectivity index (χ3v) is 3.37. The van der Waals surface area contributed by atoms with E-state index in [4.69, 9.17) is 9.84 Å². The Morgan fingerprint density at radius 2 is 2.12 bits per heavy atom. The number of aliphatic hydroxyl groups is 1. The van der Waals surface area contributed by atoms with Crippen molar-refractivity contribution in [3.63, 3.8) is 0 Å². The molecule has 0 unspecified atom stereocenters. The molecule has 1 aromatic carbocycles. The van der Waals surface area contributed by atoms with Crippen LogP contribution in [0, 0.1) is 5.82 Å². The van der Waals surface area contributed by atoms with E-state index < -0.39 is 11.4 Å². The van der Waals surface area contributed by atoms with Gasteiger partial charge >= 0.3 is 0 Å². The molecule has 0 aliphatic carbocycles. The highest BCUT2D eigenvalue weighted by Gasteiger charge is 2.13. The summed E-state index contributed by atoms with van der Waals surface area (Å²) < 4.78 is 20.4. The maximum absolute atomic E-state index is 13.7. The highest BCUT2D eigenvalue weighted by atomic mass is 19.1. The number of fused-ring (bicyclic) bond motifs is 1. The molecule has 0 saturated carbocycles. The number of hydrogen-bond acceptors (Lipinski definition) is 6. The van der Waals surface area contributed by atoms with Gasteiger partial charge < -0.3 is 15.2 Å². The largest absolute Gasteiger partial charge is 0.448 e. The molecule has 0 atom stereocenters. The summed E-state index contributed by atoms with van der Waals surface area (Å²) in [6, 6.07) is 7.32. The molecule has 2 heterocycles. The van der Waals surface area contributed by atoms with E-state index in [1.54, 1.807) is 13.1 Å². The highest BCUT2D eigenvalue weighted by molar-refractivity contribution is 5.76. The Hall–Kier alpha value is -3.00. The van der Waals surface area contributed by atoms with E-state index in [0.29, 0.717) is 23.5 Å². The number of rotatable bonds is 5. The molecule has 0 radical (unpaired) electrons. The van der Waals surface area contributed by atoms with Gasteiger partial charge in [-0.25, -0.2) is 9.37 Å². The first kappa shape index (κ1) is 15.9. The first-order chi connectivity index (χ1) is 11.6. The average molecular weight is 330 g/mol. The van der Waals surface area contributed by atoms with Crippen LogP contribution in [0.5, 0.6) is 11.5 Å². The van der Waals surface area contributed by atoms with Crippen LogP contribution in [0.25, 0.3) is 11.0 Å². The summed E-state index contributed by atoms with van der Waals surface area (Å²) >= 11 is 0. The predicted octanol–water partition coefficient (Wildman–Crippen LogP) is 1.66. The minimum atomic E-state index is -0.556. The molecule has 0 bridgehead atoms. The number of anilines is 1. The predicted molar refractivity (Wildman–Crippen MR) is 86.8 cm³/mol. The summed E-state index contributed by atoms with van der Waals surface area (Å²) in [7, 11) is 1.54. The smallest absolute Gasteiger partial charge is 0.294 e. The molecule has 0 fully saturated rings. The summed E-state index contributed by atoms with van der Waals surface area (Å²) in [4.78, 5) is 20.8. The van der Waals surface area contributed by atoms with Gasteiger partial charge in [-0.15, -0.1) is 0 Å². The molecular formula is C16H15FN4O3. The van der Waals surface area contributed by atoms with Crippen LogP contribution in [-0.4, -0.2) is 32.8 Å². The van der Waals surface area contributed by atoms with E-state index in [0.717, 1.165) is 0 Å². The van der Waals surface area contributed by atoms with E-state index in [1.165, 1.54) is 35.0 Å². The Balaban J connectivity index is 2.03. The summed E-state index contributed by atoms with van der Waals surface area (Å²) in [5.41, 5.74) is -0.0473. The number of aliphatic hydroxyl groups excluding tert-OH is 1. The van der Waals surface area contributed by atoms with Crippen LogP contribution in [0.3, 0.4) is 0 Å². The standard InChI is InChI=1S/C16H15FN4O3/c1-21-14-10(9-19-16(20-14)18-6-7-22)8-13(15(21)23)24-12-5-3-2-4-11(12)17/h2-5,8-9,22H,6-7H2,1H3,(H,18,19,20). The highest BCUT2D eigenvalue weighted by Crippen LogP contribution is 2.23. The monoisotopic (exact) mass is 330 g/mol. The third-order valence-electron chi connectivity index (χ3n) is 3.37. The molecule has 0 amide bonds. The van der Waals surface area contributed by atoms with Gasteiger partial charge in [0.15, 0.2) is 17.3 Å². The van der Waals surface area contributed by atoms with E-state index in [2.05, 4.69) is 15.3 Å². The van der Waals surface area contributed by atoms with Crippen molar-refractivity contribution >= 4 is 17.0 Å². The van der Waals surface area contributed by atoms with Crippen molar-refractivity contribution in [3.8, 4) is 11.5 Å². The lowest BCUT2D eigenvalue weighted by Gasteiger charge is -2.11. The molecule has 0 aliphatic rings. The number of benzene rings is 1. The number of hydrogen-bond donors (Lipinski definition) is 2. The van der Waals surface area contributed by atoms with Crippen LogP contribution in [-0.2, 0) is 7.05 Å². The van der Waals surface area contributed by atoms with E-state index in [1.807, 2.05) is 0 Å². The van der Waals surface area contributed by atoms with Crippen molar-refractivity contribution < 1.29 is 14.2 Å². The molecule has 0 spiro atoms. The number of aromatic nitrogens is 3. The van der Waals surface area contributed by atoms with Gasteiger partial charge in [0, 0.05) is 25.2 Å². The molecule has 2 aromatic heterocycles. The Kier molecular flexibility index (Phi) is 4.39. The fourth-order valence-electron chi connectivity index (χ4n) is 2.19. The lowest BCUT2D eigenvalue weighted by Crippen LogP contribution is -2.20. The SMILES string of the molecule is Cn1c(=O)c(Oc2ccccc2F)cc2cnc(NCCO)nc21. The van der Waals surface area contributed by atoms with Gasteiger partial charge in [0.1, 0.15) is 5.65 Å². The molecule has 3 rings (SSSR count). The zero-order chi connectivity index (χ0) is 17.1. The Bertz CT molecular complexity index is 942. The van der Waals surface area contributed by atoms with Gasteiger partial charge in [-0.05, 0) is 18.2 Å². The first-order valence-corrected chi connectivity index (χ1v) is 7.24. The topological polar surface area (TPSA) is 89.3 Å². The molecule has 2 N–H and O–H groups in total. The molecule has 3 aromatic rings. The molecule has 0 saturated heterocycles. The average Bonchev–Trinajstić information content (AvgIpc) is 2.59. The lowest BCUT2D eigenvalue weighted by atomic mass is 10.3. The van der Waals surface area contributed by atoms with Crippen LogP contribution in [0.15, 0.2) is 41.3 Å². The maximum Gasteiger partial charge on any atom is 0.294 e.